The van der Waals surface area contributed by atoms with Crippen LogP contribution in [-0.4, -0.2) is 35.6 Å². The van der Waals surface area contributed by atoms with Gasteiger partial charge in [-0.1, -0.05) is 60.7 Å². The highest BCUT2D eigenvalue weighted by Crippen LogP contribution is 2.33. The van der Waals surface area contributed by atoms with Gasteiger partial charge in [-0.25, -0.2) is 9.97 Å². The Labute approximate surface area is 195 Å². The molecule has 1 fully saturated rings. The van der Waals surface area contributed by atoms with Crippen LogP contribution in [0.15, 0.2) is 67.0 Å². The van der Waals surface area contributed by atoms with Crippen molar-refractivity contribution in [2.75, 3.05) is 35.2 Å². The number of nitrogens with two attached hydrogens (primary N) is 1. The SMILES string of the molecule is CCOC(=O)C1CCCN(c2ncnc(N(Cc3ccccc3)Cc3ccccc3)c2N)C1. The van der Waals surface area contributed by atoms with Crippen molar-refractivity contribution in [1.82, 2.24) is 9.97 Å². The zero-order valence-electron chi connectivity index (χ0n) is 19.1. The van der Waals surface area contributed by atoms with Crippen LogP contribution in [0, 0.1) is 5.92 Å². The molecule has 1 unspecified atom stereocenters. The Morgan fingerprint density at radius 2 is 1.70 bits per heavy atom. The van der Waals surface area contributed by atoms with Crippen LogP contribution in [0.1, 0.15) is 30.9 Å². The van der Waals surface area contributed by atoms with Crippen molar-refractivity contribution in [3.63, 3.8) is 0 Å². The summed E-state index contributed by atoms with van der Waals surface area (Å²) in [6.45, 7) is 4.92. The van der Waals surface area contributed by atoms with Gasteiger partial charge in [0.25, 0.3) is 0 Å². The number of anilines is 3. The number of nitrogen functional groups attached to an aromatic ring is 1. The zero-order chi connectivity index (χ0) is 23.0. The van der Waals surface area contributed by atoms with Crippen molar-refractivity contribution in [2.45, 2.75) is 32.9 Å². The number of benzene rings is 2. The van der Waals surface area contributed by atoms with Crippen molar-refractivity contribution in [2.24, 2.45) is 5.92 Å². The van der Waals surface area contributed by atoms with Crippen LogP contribution < -0.4 is 15.5 Å². The molecule has 7 nitrogen and oxygen atoms in total. The topological polar surface area (TPSA) is 84.6 Å². The third-order valence-electron chi connectivity index (χ3n) is 5.91. The second kappa shape index (κ2) is 10.8. The maximum atomic E-state index is 12.3. The van der Waals surface area contributed by atoms with E-state index in [0.717, 1.165) is 19.4 Å². The summed E-state index contributed by atoms with van der Waals surface area (Å²) in [5, 5.41) is 0. The van der Waals surface area contributed by atoms with Gasteiger partial charge in [-0.15, -0.1) is 0 Å². The van der Waals surface area contributed by atoms with E-state index in [0.29, 0.717) is 43.6 Å². The summed E-state index contributed by atoms with van der Waals surface area (Å²) in [4.78, 5) is 25.7. The van der Waals surface area contributed by atoms with Crippen molar-refractivity contribution in [1.29, 1.82) is 0 Å². The van der Waals surface area contributed by atoms with Gasteiger partial charge in [0.2, 0.25) is 0 Å². The molecule has 1 aliphatic rings. The molecule has 1 aliphatic heterocycles. The Morgan fingerprint density at radius 3 is 2.30 bits per heavy atom. The molecular weight excluding hydrogens is 414 g/mol. The second-order valence-corrected chi connectivity index (χ2v) is 8.30. The highest BCUT2D eigenvalue weighted by molar-refractivity contribution is 5.78. The number of hydrogen-bond donors (Lipinski definition) is 1. The molecule has 0 bridgehead atoms. The average molecular weight is 446 g/mol. The second-order valence-electron chi connectivity index (χ2n) is 8.30. The van der Waals surface area contributed by atoms with Gasteiger partial charge >= 0.3 is 5.97 Å². The van der Waals surface area contributed by atoms with E-state index >= 15 is 0 Å². The minimum absolute atomic E-state index is 0.148. The summed E-state index contributed by atoms with van der Waals surface area (Å²) >= 11 is 0. The van der Waals surface area contributed by atoms with Gasteiger partial charge in [-0.2, -0.15) is 0 Å². The Hall–Kier alpha value is -3.61. The molecule has 2 N–H and O–H groups in total. The summed E-state index contributed by atoms with van der Waals surface area (Å²) < 4.78 is 5.25. The van der Waals surface area contributed by atoms with Crippen LogP contribution in [0.5, 0.6) is 0 Å². The first-order chi connectivity index (χ1) is 16.2. The van der Waals surface area contributed by atoms with Gasteiger partial charge < -0.3 is 20.3 Å². The molecule has 1 atom stereocenters. The number of ether oxygens (including phenoxy) is 1. The van der Waals surface area contributed by atoms with Crippen molar-refractivity contribution in [3.05, 3.63) is 78.1 Å². The largest absolute Gasteiger partial charge is 0.466 e. The van der Waals surface area contributed by atoms with E-state index in [1.165, 1.54) is 11.1 Å². The quantitative estimate of drug-likeness (QED) is 0.524. The van der Waals surface area contributed by atoms with Crippen LogP contribution in [0.4, 0.5) is 17.3 Å². The first-order valence-corrected chi connectivity index (χ1v) is 11.5. The lowest BCUT2D eigenvalue weighted by molar-refractivity contribution is -0.148. The number of carbonyl (C=O) groups is 1. The summed E-state index contributed by atoms with van der Waals surface area (Å²) in [5.74, 6) is 1.07. The number of nitrogens with zero attached hydrogens (tertiary/aromatic N) is 4. The van der Waals surface area contributed by atoms with E-state index in [2.05, 4.69) is 44.0 Å². The summed E-state index contributed by atoms with van der Waals surface area (Å²) in [5.41, 5.74) is 9.56. The normalized spacial score (nSPS) is 15.8. The number of aromatic nitrogens is 2. The van der Waals surface area contributed by atoms with E-state index in [9.17, 15) is 4.79 Å². The fraction of sp³-hybridized carbons (Fsp3) is 0.346. The zero-order valence-corrected chi connectivity index (χ0v) is 19.1. The number of carbonyl (C=O) groups excluding carboxylic acids is 1. The van der Waals surface area contributed by atoms with Crippen molar-refractivity contribution >= 4 is 23.3 Å². The predicted molar refractivity (Wildman–Crippen MR) is 131 cm³/mol. The molecule has 1 aromatic heterocycles. The van der Waals surface area contributed by atoms with Crippen LogP contribution in [-0.2, 0) is 22.6 Å². The fourth-order valence-corrected chi connectivity index (χ4v) is 4.32. The van der Waals surface area contributed by atoms with E-state index in [1.54, 1.807) is 6.33 Å². The molecule has 2 heterocycles. The van der Waals surface area contributed by atoms with Gasteiger partial charge in [0.1, 0.15) is 12.0 Å². The number of hydrogen-bond acceptors (Lipinski definition) is 7. The van der Waals surface area contributed by atoms with Gasteiger partial charge in [-0.3, -0.25) is 4.79 Å². The lowest BCUT2D eigenvalue weighted by atomic mass is 9.98. The van der Waals surface area contributed by atoms with E-state index in [-0.39, 0.29) is 11.9 Å². The van der Waals surface area contributed by atoms with Crippen LogP contribution >= 0.6 is 0 Å². The maximum Gasteiger partial charge on any atom is 0.310 e. The Kier molecular flexibility index (Phi) is 7.40. The molecule has 1 saturated heterocycles. The highest BCUT2D eigenvalue weighted by atomic mass is 16.5. The van der Waals surface area contributed by atoms with E-state index in [4.69, 9.17) is 10.5 Å². The molecule has 0 radical (unpaired) electrons. The third-order valence-corrected chi connectivity index (χ3v) is 5.91. The standard InChI is InChI=1S/C26H31N5O2/c1-2-33-26(32)22-14-9-15-30(18-22)24-23(27)25(29-19-28-24)31(16-20-10-5-3-6-11-20)17-21-12-7-4-8-13-21/h3-8,10-13,19,22H,2,9,14-18,27H2,1H3. The first-order valence-electron chi connectivity index (χ1n) is 11.5. The summed E-state index contributed by atoms with van der Waals surface area (Å²) in [6, 6.07) is 20.6. The highest BCUT2D eigenvalue weighted by Gasteiger charge is 2.29. The molecule has 3 aromatic rings. The average Bonchev–Trinajstić information content (AvgIpc) is 2.85. The minimum Gasteiger partial charge on any atom is -0.466 e. The molecule has 0 aliphatic carbocycles. The van der Waals surface area contributed by atoms with Crippen molar-refractivity contribution in [3.8, 4) is 0 Å². The van der Waals surface area contributed by atoms with Crippen LogP contribution in [0.3, 0.4) is 0 Å². The smallest absolute Gasteiger partial charge is 0.310 e. The Morgan fingerprint density at radius 1 is 1.06 bits per heavy atom. The maximum absolute atomic E-state index is 12.3. The molecule has 4 rings (SSSR count). The molecule has 2 aromatic carbocycles. The summed E-state index contributed by atoms with van der Waals surface area (Å²) in [6.07, 6.45) is 3.28. The minimum atomic E-state index is -0.166. The van der Waals surface area contributed by atoms with Crippen LogP contribution in [0.2, 0.25) is 0 Å². The van der Waals surface area contributed by atoms with Gasteiger partial charge in [0.15, 0.2) is 11.6 Å². The molecule has 7 heteroatoms. The van der Waals surface area contributed by atoms with Gasteiger partial charge in [-0.05, 0) is 30.9 Å². The number of rotatable bonds is 8. The fourth-order valence-electron chi connectivity index (χ4n) is 4.32. The predicted octanol–water partition coefficient (Wildman–Crippen LogP) is 4.05. The molecular formula is C26H31N5O2. The molecule has 172 valence electrons. The molecule has 0 saturated carbocycles. The molecule has 0 amide bonds. The summed E-state index contributed by atoms with van der Waals surface area (Å²) in [7, 11) is 0. The van der Waals surface area contributed by atoms with Crippen molar-refractivity contribution < 1.29 is 9.53 Å². The first kappa shape index (κ1) is 22.6. The monoisotopic (exact) mass is 445 g/mol. The molecule has 0 spiro atoms. The third kappa shape index (κ3) is 5.61. The Bertz CT molecular complexity index is 1000. The van der Waals surface area contributed by atoms with Crippen LogP contribution in [0.25, 0.3) is 0 Å². The number of esters is 1. The van der Waals surface area contributed by atoms with Gasteiger partial charge in [0, 0.05) is 26.2 Å². The molecule has 33 heavy (non-hydrogen) atoms. The van der Waals surface area contributed by atoms with Gasteiger partial charge in [0.05, 0.1) is 12.5 Å². The number of piperidine rings is 1. The van der Waals surface area contributed by atoms with E-state index < -0.39 is 0 Å². The Balaban J connectivity index is 1.62. The lowest BCUT2D eigenvalue weighted by Gasteiger charge is -2.34. The lowest BCUT2D eigenvalue weighted by Crippen LogP contribution is -2.40. The van der Waals surface area contributed by atoms with E-state index in [1.807, 2.05) is 43.3 Å².